The van der Waals surface area contributed by atoms with Crippen LogP contribution in [-0.4, -0.2) is 10.1 Å². The topological polar surface area (TPSA) is 91.3 Å². The molecular weight excluding hydrogens is 366 g/mol. The molecule has 0 unspecified atom stereocenters. The van der Waals surface area contributed by atoms with Gasteiger partial charge in [-0.15, -0.1) is 0 Å². The Bertz CT molecular complexity index is 1230. The van der Waals surface area contributed by atoms with Crippen LogP contribution in [-0.2, 0) is 0 Å². The average molecular weight is 385 g/mol. The molecule has 0 fully saturated rings. The molecule has 144 valence electrons. The number of pyridine rings is 1. The Labute approximate surface area is 167 Å². The van der Waals surface area contributed by atoms with Crippen LogP contribution in [0.1, 0.15) is 18.5 Å². The smallest absolute Gasteiger partial charge is 0.253 e. The molecule has 0 radical (unpaired) electrons. The second-order valence-corrected chi connectivity index (χ2v) is 6.79. The molecule has 3 N–H and O–H groups in total. The van der Waals surface area contributed by atoms with Crippen LogP contribution in [0.5, 0.6) is 5.75 Å². The third-order valence-electron chi connectivity index (χ3n) is 4.73. The standard InChI is InChI=1S/C23H19N3O3/c1-14(15-6-5-9-18(27)13-15)25-20-21(23(29)22(20)28)26-17-8-4-7-16(12-17)19-10-2-3-11-24-19/h2-14,25-27H,1H3/t14-/m1/s1. The van der Waals surface area contributed by atoms with Crippen molar-refractivity contribution in [2.75, 3.05) is 10.6 Å². The summed E-state index contributed by atoms with van der Waals surface area (Å²) in [5.74, 6) is 0.144. The Kier molecular flexibility index (Phi) is 4.83. The van der Waals surface area contributed by atoms with Crippen molar-refractivity contribution in [1.29, 1.82) is 0 Å². The van der Waals surface area contributed by atoms with E-state index in [1.165, 1.54) is 0 Å². The molecule has 0 bridgehead atoms. The molecule has 4 aromatic rings. The first-order valence-corrected chi connectivity index (χ1v) is 9.20. The molecular formula is C23H19N3O3. The lowest BCUT2D eigenvalue weighted by molar-refractivity contribution is 0.474. The number of benzene rings is 2. The quantitative estimate of drug-likeness (QED) is 0.435. The van der Waals surface area contributed by atoms with Crippen molar-refractivity contribution in [3.05, 3.63) is 98.9 Å². The van der Waals surface area contributed by atoms with Crippen LogP contribution >= 0.6 is 0 Å². The minimum absolute atomic E-state index is 0.144. The largest absolute Gasteiger partial charge is 0.508 e. The van der Waals surface area contributed by atoms with Gasteiger partial charge in [0.05, 0.1) is 5.69 Å². The molecule has 6 heteroatoms. The molecule has 3 aromatic carbocycles. The van der Waals surface area contributed by atoms with Crippen LogP contribution < -0.4 is 21.5 Å². The molecule has 29 heavy (non-hydrogen) atoms. The third kappa shape index (κ3) is 3.73. The molecule has 0 spiro atoms. The van der Waals surface area contributed by atoms with Gasteiger partial charge in [-0.1, -0.05) is 30.3 Å². The zero-order chi connectivity index (χ0) is 20.4. The summed E-state index contributed by atoms with van der Waals surface area (Å²) in [5.41, 5.74) is 2.58. The fourth-order valence-electron chi connectivity index (χ4n) is 3.18. The molecule has 0 saturated carbocycles. The van der Waals surface area contributed by atoms with Crippen molar-refractivity contribution in [2.24, 2.45) is 0 Å². The average Bonchev–Trinajstić information content (AvgIpc) is 2.76. The SMILES string of the molecule is C[C@@H](Nc1c(Nc2cccc(-c3ccccn3)c2)c(=O)c1=O)c1cccc(O)c1. The Morgan fingerprint density at radius 2 is 1.69 bits per heavy atom. The first-order chi connectivity index (χ1) is 14.0. The van der Waals surface area contributed by atoms with Gasteiger partial charge in [-0.2, -0.15) is 0 Å². The third-order valence-corrected chi connectivity index (χ3v) is 4.73. The summed E-state index contributed by atoms with van der Waals surface area (Å²) in [4.78, 5) is 28.6. The highest BCUT2D eigenvalue weighted by Crippen LogP contribution is 2.28. The number of hydrogen-bond donors (Lipinski definition) is 3. The lowest BCUT2D eigenvalue weighted by Crippen LogP contribution is -2.37. The monoisotopic (exact) mass is 385 g/mol. The lowest BCUT2D eigenvalue weighted by atomic mass is 10.1. The predicted octanol–water partition coefficient (Wildman–Crippen LogP) is 3.97. The van der Waals surface area contributed by atoms with Crippen molar-refractivity contribution in [3.63, 3.8) is 0 Å². The van der Waals surface area contributed by atoms with Gasteiger partial charge in [-0.25, -0.2) is 0 Å². The number of phenols is 1. The van der Waals surface area contributed by atoms with Crippen molar-refractivity contribution in [3.8, 4) is 17.0 Å². The van der Waals surface area contributed by atoms with Gasteiger partial charge in [0.2, 0.25) is 0 Å². The summed E-state index contributed by atoms with van der Waals surface area (Å²) in [5, 5.41) is 15.8. The number of aromatic nitrogens is 1. The van der Waals surface area contributed by atoms with Gasteiger partial charge in [0, 0.05) is 23.5 Å². The van der Waals surface area contributed by atoms with E-state index in [2.05, 4.69) is 15.6 Å². The molecule has 0 saturated heterocycles. The Hall–Kier alpha value is -3.93. The maximum atomic E-state index is 12.1. The normalized spacial score (nSPS) is 11.9. The first kappa shape index (κ1) is 18.4. The number of phenolic OH excluding ortho intramolecular Hbond substituents is 1. The van der Waals surface area contributed by atoms with Crippen LogP contribution in [0, 0.1) is 0 Å². The summed E-state index contributed by atoms with van der Waals surface area (Å²) < 4.78 is 0. The summed E-state index contributed by atoms with van der Waals surface area (Å²) in [6.45, 7) is 1.86. The number of anilines is 3. The van der Waals surface area contributed by atoms with Crippen LogP contribution in [0.15, 0.2) is 82.5 Å². The molecule has 4 rings (SSSR count). The number of aromatic hydroxyl groups is 1. The van der Waals surface area contributed by atoms with Crippen molar-refractivity contribution in [1.82, 2.24) is 4.98 Å². The van der Waals surface area contributed by atoms with Crippen LogP contribution in [0.2, 0.25) is 0 Å². The lowest BCUT2D eigenvalue weighted by Gasteiger charge is -2.20. The van der Waals surface area contributed by atoms with Gasteiger partial charge in [-0.3, -0.25) is 14.6 Å². The van der Waals surface area contributed by atoms with Gasteiger partial charge in [0.1, 0.15) is 17.1 Å². The molecule has 1 aromatic heterocycles. The van der Waals surface area contributed by atoms with E-state index >= 15 is 0 Å². The molecule has 1 heterocycles. The minimum Gasteiger partial charge on any atom is -0.508 e. The van der Waals surface area contributed by atoms with E-state index in [1.54, 1.807) is 24.4 Å². The highest BCUT2D eigenvalue weighted by molar-refractivity contribution is 5.80. The molecule has 1 atom stereocenters. The zero-order valence-electron chi connectivity index (χ0n) is 15.7. The fraction of sp³-hybridized carbons (Fsp3) is 0.0870. The second-order valence-electron chi connectivity index (χ2n) is 6.79. The van der Waals surface area contributed by atoms with E-state index in [9.17, 15) is 14.7 Å². The van der Waals surface area contributed by atoms with Gasteiger partial charge in [0.15, 0.2) is 0 Å². The van der Waals surface area contributed by atoms with Gasteiger partial charge in [0.25, 0.3) is 10.9 Å². The van der Waals surface area contributed by atoms with E-state index in [0.717, 1.165) is 16.8 Å². The van der Waals surface area contributed by atoms with Crippen LogP contribution in [0.3, 0.4) is 0 Å². The van der Waals surface area contributed by atoms with Crippen molar-refractivity contribution < 1.29 is 5.11 Å². The predicted molar refractivity (Wildman–Crippen MR) is 114 cm³/mol. The van der Waals surface area contributed by atoms with E-state index in [0.29, 0.717) is 5.69 Å². The minimum atomic E-state index is -0.557. The Morgan fingerprint density at radius 3 is 2.45 bits per heavy atom. The number of nitrogens with one attached hydrogen (secondary N) is 2. The summed E-state index contributed by atoms with van der Waals surface area (Å²) >= 11 is 0. The molecule has 6 nitrogen and oxygen atoms in total. The van der Waals surface area contributed by atoms with Crippen molar-refractivity contribution in [2.45, 2.75) is 13.0 Å². The Balaban J connectivity index is 1.58. The van der Waals surface area contributed by atoms with E-state index in [1.807, 2.05) is 55.5 Å². The van der Waals surface area contributed by atoms with Crippen LogP contribution in [0.25, 0.3) is 11.3 Å². The zero-order valence-corrected chi connectivity index (χ0v) is 15.7. The number of rotatable bonds is 6. The summed E-state index contributed by atoms with van der Waals surface area (Å²) in [7, 11) is 0. The summed E-state index contributed by atoms with van der Waals surface area (Å²) in [6, 6.07) is 19.7. The van der Waals surface area contributed by atoms with E-state index < -0.39 is 10.9 Å². The highest BCUT2D eigenvalue weighted by Gasteiger charge is 2.23. The van der Waals surface area contributed by atoms with Gasteiger partial charge >= 0.3 is 0 Å². The first-order valence-electron chi connectivity index (χ1n) is 9.20. The molecule has 0 aliphatic carbocycles. The number of hydrogen-bond acceptors (Lipinski definition) is 6. The molecule has 0 aliphatic rings. The van der Waals surface area contributed by atoms with E-state index in [-0.39, 0.29) is 23.2 Å². The molecule has 0 aliphatic heterocycles. The van der Waals surface area contributed by atoms with Crippen molar-refractivity contribution >= 4 is 17.1 Å². The maximum absolute atomic E-state index is 12.1. The highest BCUT2D eigenvalue weighted by atomic mass is 16.3. The molecule has 0 amide bonds. The van der Waals surface area contributed by atoms with E-state index in [4.69, 9.17) is 0 Å². The van der Waals surface area contributed by atoms with Crippen LogP contribution in [0.4, 0.5) is 17.1 Å². The van der Waals surface area contributed by atoms with Gasteiger partial charge in [-0.05, 0) is 48.9 Å². The Morgan fingerprint density at radius 1 is 0.897 bits per heavy atom. The second kappa shape index (κ2) is 7.59. The summed E-state index contributed by atoms with van der Waals surface area (Å²) in [6.07, 6.45) is 1.72. The number of nitrogens with zero attached hydrogens (tertiary/aromatic N) is 1. The fourth-order valence-corrected chi connectivity index (χ4v) is 3.18. The van der Waals surface area contributed by atoms with Gasteiger partial charge < -0.3 is 15.7 Å². The maximum Gasteiger partial charge on any atom is 0.253 e.